The molecule has 6 heteroatoms. The molecule has 0 aromatic heterocycles. The van der Waals surface area contributed by atoms with E-state index >= 15 is 0 Å². The second kappa shape index (κ2) is 2.95. The lowest BCUT2D eigenvalue weighted by Crippen LogP contribution is -2.59. The van der Waals surface area contributed by atoms with E-state index in [1.165, 1.54) is 14.2 Å². The first kappa shape index (κ1) is 12.0. The summed E-state index contributed by atoms with van der Waals surface area (Å²) in [5.74, 6) is 1.21. The van der Waals surface area contributed by atoms with E-state index in [0.29, 0.717) is 23.7 Å². The number of hydrogen-bond acceptors (Lipinski definition) is 6. The van der Waals surface area contributed by atoms with Crippen molar-refractivity contribution >= 4 is 5.84 Å². The number of amidine groups is 1. The van der Waals surface area contributed by atoms with Gasteiger partial charge in [0.25, 0.3) is 5.91 Å². The Bertz CT molecular complexity index is 687. The Morgan fingerprint density at radius 1 is 1.14 bits per heavy atom. The van der Waals surface area contributed by atoms with Gasteiger partial charge in [-0.2, -0.15) is 10.5 Å². The zero-order valence-corrected chi connectivity index (χ0v) is 11.9. The van der Waals surface area contributed by atoms with E-state index in [2.05, 4.69) is 17.1 Å². The maximum absolute atomic E-state index is 10.1. The normalized spacial score (nSPS) is 59.3. The summed E-state index contributed by atoms with van der Waals surface area (Å²) in [6, 6.07) is 4.84. The molecule has 5 fully saturated rings. The molecule has 6 rings (SSSR count). The second-order valence-electron chi connectivity index (χ2n) is 7.10. The molecule has 1 heterocycles. The van der Waals surface area contributed by atoms with Crippen molar-refractivity contribution in [3.63, 3.8) is 0 Å². The van der Waals surface area contributed by atoms with Crippen molar-refractivity contribution in [2.45, 2.75) is 12.3 Å². The molecule has 0 aromatic carbocycles. The van der Waals surface area contributed by atoms with Gasteiger partial charge in [-0.3, -0.25) is 0 Å². The van der Waals surface area contributed by atoms with Gasteiger partial charge in [-0.1, -0.05) is 0 Å². The number of aliphatic imine (C=N–C) groups is 1. The van der Waals surface area contributed by atoms with Gasteiger partial charge in [-0.05, 0) is 41.9 Å². The van der Waals surface area contributed by atoms with Crippen LogP contribution in [0.1, 0.15) is 6.42 Å². The molecule has 21 heavy (non-hydrogen) atoms. The van der Waals surface area contributed by atoms with Crippen molar-refractivity contribution in [1.29, 1.82) is 10.5 Å². The van der Waals surface area contributed by atoms with E-state index in [0.717, 1.165) is 6.42 Å². The predicted octanol–water partition coefficient (Wildman–Crippen LogP) is 0.465. The van der Waals surface area contributed by atoms with Crippen LogP contribution in [0.15, 0.2) is 4.99 Å². The zero-order chi connectivity index (χ0) is 14.8. The van der Waals surface area contributed by atoms with E-state index in [1.54, 1.807) is 0 Å². The topological polar surface area (TPSA) is 104 Å². The van der Waals surface area contributed by atoms with E-state index < -0.39 is 16.7 Å². The molecule has 0 amide bonds. The average molecular weight is 284 g/mol. The molecular formula is C15H16N4O2. The third kappa shape index (κ3) is 0.743. The molecule has 0 saturated heterocycles. The summed E-state index contributed by atoms with van der Waals surface area (Å²) in [6.07, 6.45) is 1.12. The summed E-state index contributed by atoms with van der Waals surface area (Å²) in [5.41, 5.74) is 4.06. The maximum atomic E-state index is 10.1. The molecule has 0 spiro atoms. The molecule has 2 N–H and O–H groups in total. The lowest BCUT2D eigenvalue weighted by molar-refractivity contribution is -0.272. The van der Waals surface area contributed by atoms with E-state index in [4.69, 9.17) is 15.2 Å². The lowest BCUT2D eigenvalue weighted by Gasteiger charge is -2.45. The average Bonchev–Trinajstić information content (AvgIpc) is 2.91. The van der Waals surface area contributed by atoms with Crippen molar-refractivity contribution in [2.24, 2.45) is 57.1 Å². The number of nitrogens with zero attached hydrogens (tertiary/aromatic N) is 3. The van der Waals surface area contributed by atoms with Crippen molar-refractivity contribution in [3.05, 3.63) is 0 Å². The Balaban J connectivity index is 1.86. The monoisotopic (exact) mass is 284 g/mol. The van der Waals surface area contributed by atoms with Gasteiger partial charge < -0.3 is 15.2 Å². The third-order valence-electron chi connectivity index (χ3n) is 7.29. The van der Waals surface area contributed by atoms with Crippen LogP contribution < -0.4 is 5.73 Å². The van der Waals surface area contributed by atoms with Gasteiger partial charge >= 0.3 is 0 Å². The number of rotatable bonds is 2. The highest BCUT2D eigenvalue weighted by Gasteiger charge is 2.96. The molecule has 6 aliphatic rings. The van der Waals surface area contributed by atoms with Crippen LogP contribution in [0, 0.1) is 69.0 Å². The fourth-order valence-electron chi connectivity index (χ4n) is 7.02. The second-order valence-corrected chi connectivity index (χ2v) is 7.10. The largest absolute Gasteiger partial charge is 0.386 e. The summed E-state index contributed by atoms with van der Waals surface area (Å²) in [7, 11) is 2.96. The maximum Gasteiger partial charge on any atom is 0.292 e. The Morgan fingerprint density at radius 3 is 2.33 bits per heavy atom. The van der Waals surface area contributed by atoms with Gasteiger partial charge in [0, 0.05) is 14.2 Å². The van der Waals surface area contributed by atoms with Crippen LogP contribution in [-0.2, 0) is 9.47 Å². The van der Waals surface area contributed by atoms with Crippen LogP contribution >= 0.6 is 0 Å². The van der Waals surface area contributed by atoms with Crippen molar-refractivity contribution in [1.82, 2.24) is 0 Å². The Hall–Kier alpha value is -1.63. The molecule has 1 aliphatic heterocycles. The first-order valence-electron chi connectivity index (χ1n) is 7.39. The van der Waals surface area contributed by atoms with Crippen molar-refractivity contribution < 1.29 is 9.47 Å². The minimum absolute atomic E-state index is 0.117. The van der Waals surface area contributed by atoms with Gasteiger partial charge in [-0.25, -0.2) is 4.99 Å². The first-order chi connectivity index (χ1) is 10.1. The fraction of sp³-hybridized carbons (Fsp3) is 0.800. The van der Waals surface area contributed by atoms with E-state index in [1.807, 2.05) is 0 Å². The molecule has 5 aliphatic carbocycles. The zero-order valence-electron chi connectivity index (χ0n) is 11.9. The fourth-order valence-corrected chi connectivity index (χ4v) is 7.02. The lowest BCUT2D eigenvalue weighted by atomic mass is 9.56. The highest BCUT2D eigenvalue weighted by molar-refractivity contribution is 5.95. The van der Waals surface area contributed by atoms with Gasteiger partial charge in [0.1, 0.15) is 11.3 Å². The summed E-state index contributed by atoms with van der Waals surface area (Å²) < 4.78 is 11.2. The molecular weight excluding hydrogens is 268 g/mol. The number of nitriles is 2. The minimum atomic E-state index is -1.44. The quantitative estimate of drug-likeness (QED) is 0.742. The molecule has 6 bridgehead atoms. The number of fused-ring (bicyclic) bond motifs is 1. The number of methoxy groups -OCH3 is 2. The van der Waals surface area contributed by atoms with Crippen molar-refractivity contribution in [2.75, 3.05) is 14.2 Å². The van der Waals surface area contributed by atoms with Gasteiger partial charge in [0.05, 0.1) is 12.1 Å². The smallest absolute Gasteiger partial charge is 0.292 e. The first-order valence-corrected chi connectivity index (χ1v) is 7.39. The van der Waals surface area contributed by atoms with Crippen LogP contribution in [0.4, 0.5) is 0 Å². The highest BCUT2D eigenvalue weighted by atomic mass is 16.7. The Morgan fingerprint density at radius 2 is 1.81 bits per heavy atom. The third-order valence-corrected chi connectivity index (χ3v) is 7.29. The summed E-state index contributed by atoms with van der Waals surface area (Å²) in [6.45, 7) is 0. The number of nitrogens with two attached hydrogens (primary N) is 1. The van der Waals surface area contributed by atoms with Crippen molar-refractivity contribution in [3.8, 4) is 12.1 Å². The van der Waals surface area contributed by atoms with Crippen LogP contribution in [0.25, 0.3) is 0 Å². The molecule has 1 unspecified atom stereocenters. The van der Waals surface area contributed by atoms with Crippen LogP contribution in [0.5, 0.6) is 0 Å². The Kier molecular flexibility index (Phi) is 1.68. The highest BCUT2D eigenvalue weighted by Crippen LogP contribution is 2.91. The van der Waals surface area contributed by atoms with E-state index in [-0.39, 0.29) is 17.7 Å². The number of ether oxygens (including phenoxy) is 2. The van der Waals surface area contributed by atoms with Gasteiger partial charge in [0.2, 0.25) is 0 Å². The van der Waals surface area contributed by atoms with Crippen LogP contribution in [-0.4, -0.2) is 26.0 Å². The summed E-state index contributed by atoms with van der Waals surface area (Å²) in [5, 5.41) is 20.2. The molecule has 0 aromatic rings. The standard InChI is InChI=1S/C15H16N4O2/c1-20-15(21-2)14(5-17)11-7-3-6-8(9(6)11)10(7)13(14,4-16)12(18)19-15/h6-11H,3H2,1-2H3,(H2,18,19)/t6-,7?,8+,9-,10+,11-,13-,14-/m0/s1. The van der Waals surface area contributed by atoms with Gasteiger partial charge in [-0.15, -0.1) is 0 Å². The number of hydrogen-bond donors (Lipinski definition) is 1. The van der Waals surface area contributed by atoms with Crippen LogP contribution in [0.2, 0.25) is 0 Å². The Labute approximate surface area is 122 Å². The van der Waals surface area contributed by atoms with Gasteiger partial charge in [0.15, 0.2) is 5.41 Å². The van der Waals surface area contributed by atoms with Crippen LogP contribution in [0.3, 0.4) is 0 Å². The molecule has 8 atom stereocenters. The minimum Gasteiger partial charge on any atom is -0.386 e. The molecule has 5 saturated carbocycles. The predicted molar refractivity (Wildman–Crippen MR) is 70.0 cm³/mol. The van der Waals surface area contributed by atoms with E-state index in [9.17, 15) is 10.5 Å². The molecule has 108 valence electrons. The molecule has 0 radical (unpaired) electrons. The summed E-state index contributed by atoms with van der Waals surface area (Å²) in [4.78, 5) is 4.38. The summed E-state index contributed by atoms with van der Waals surface area (Å²) >= 11 is 0. The SMILES string of the molecule is COC1(OC)N=C(N)[C@]2(C#N)[C@@H]3C4C[C@H]5[C@@H]3[C@H]5[C@H]4[C@]12C#N. The molecule has 6 nitrogen and oxygen atoms in total.